The van der Waals surface area contributed by atoms with Crippen LogP contribution >= 0.6 is 0 Å². The topological polar surface area (TPSA) is 120 Å². The van der Waals surface area contributed by atoms with Crippen molar-refractivity contribution in [1.29, 1.82) is 0 Å². The van der Waals surface area contributed by atoms with Gasteiger partial charge in [-0.25, -0.2) is 0 Å². The van der Waals surface area contributed by atoms with Gasteiger partial charge in [-0.15, -0.1) is 0 Å². The van der Waals surface area contributed by atoms with Gasteiger partial charge in [-0.3, -0.25) is 15.0 Å². The van der Waals surface area contributed by atoms with E-state index in [2.05, 4.69) is 27.7 Å². The summed E-state index contributed by atoms with van der Waals surface area (Å²) in [5, 5.41) is 36.6. The molecule has 1 fully saturated rings. The molecule has 1 aliphatic rings. The zero-order valence-electron chi connectivity index (χ0n) is 19.4. The third kappa shape index (κ3) is 8.92. The van der Waals surface area contributed by atoms with Crippen LogP contribution in [0.4, 0.5) is 0 Å². The molecule has 34 heavy (non-hydrogen) atoms. The number of piperidine rings is 1. The number of hydrogen-bond donors (Lipinski definition) is 4. The van der Waals surface area contributed by atoms with Crippen molar-refractivity contribution in [2.45, 2.75) is 38.3 Å². The molecule has 9 nitrogen and oxygen atoms in total. The van der Waals surface area contributed by atoms with E-state index in [0.29, 0.717) is 25.1 Å². The quantitative estimate of drug-likeness (QED) is 0.200. The zero-order chi connectivity index (χ0) is 24.2. The van der Waals surface area contributed by atoms with E-state index in [0.717, 1.165) is 31.6 Å². The Morgan fingerprint density at radius 2 is 1.94 bits per heavy atom. The van der Waals surface area contributed by atoms with Crippen molar-refractivity contribution in [2.75, 3.05) is 32.8 Å². The van der Waals surface area contributed by atoms with Crippen LogP contribution in [0.1, 0.15) is 42.9 Å². The maximum Gasteiger partial charge on any atom is 0.274 e. The predicted octanol–water partition coefficient (Wildman–Crippen LogP) is 3.14. The Kier molecular flexibility index (Phi) is 9.99. The fourth-order valence-electron chi connectivity index (χ4n) is 3.91. The first-order valence-corrected chi connectivity index (χ1v) is 11.7. The predicted molar refractivity (Wildman–Crippen MR) is 130 cm³/mol. The number of rotatable bonds is 13. The van der Waals surface area contributed by atoms with Crippen molar-refractivity contribution in [2.24, 2.45) is 0 Å². The van der Waals surface area contributed by atoms with Crippen LogP contribution in [-0.4, -0.2) is 52.8 Å². The lowest BCUT2D eigenvalue weighted by Crippen LogP contribution is -2.31. The molecule has 1 heterocycles. The monoisotopic (exact) mass is 470 g/mol. The summed E-state index contributed by atoms with van der Waals surface area (Å²) in [4.78, 5) is 12.9. The third-order valence-electron chi connectivity index (χ3n) is 5.63. The minimum atomic E-state index is -0.926. The summed E-state index contributed by atoms with van der Waals surface area (Å²) in [6.07, 6.45) is 4.39. The van der Waals surface area contributed by atoms with Gasteiger partial charge in [0.2, 0.25) is 0 Å². The highest BCUT2D eigenvalue weighted by Crippen LogP contribution is 2.19. The van der Waals surface area contributed by atoms with Gasteiger partial charge >= 0.3 is 0 Å². The van der Waals surface area contributed by atoms with Gasteiger partial charge in [-0.05, 0) is 67.7 Å². The van der Waals surface area contributed by atoms with Gasteiger partial charge in [0.25, 0.3) is 6.20 Å². The van der Waals surface area contributed by atoms with E-state index in [1.807, 2.05) is 12.1 Å². The van der Waals surface area contributed by atoms with E-state index in [-0.39, 0.29) is 18.1 Å². The summed E-state index contributed by atoms with van der Waals surface area (Å²) in [7, 11) is 0. The fraction of sp³-hybridized carbons (Fsp3) is 0.440. The molecule has 2 aromatic carbocycles. The van der Waals surface area contributed by atoms with E-state index in [9.17, 15) is 20.3 Å². The molecule has 1 saturated heterocycles. The lowest BCUT2D eigenvalue weighted by atomic mass is 10.1. The van der Waals surface area contributed by atoms with Gasteiger partial charge in [0.05, 0.1) is 17.6 Å². The molecule has 2 aromatic rings. The summed E-state index contributed by atoms with van der Waals surface area (Å²) in [6, 6.07) is 14.4. The number of phenols is 1. The first kappa shape index (κ1) is 25.3. The van der Waals surface area contributed by atoms with Crippen molar-refractivity contribution in [3.05, 3.63) is 81.8 Å². The number of hydrogen-bond acceptors (Lipinski definition) is 8. The lowest BCUT2D eigenvalue weighted by Gasteiger charge is -2.26. The molecular formula is C25H34N4O5. The van der Waals surface area contributed by atoms with Crippen LogP contribution in [0.25, 0.3) is 0 Å². The average Bonchev–Trinajstić information content (AvgIpc) is 2.82. The van der Waals surface area contributed by atoms with Crippen LogP contribution in [0.3, 0.4) is 0 Å². The van der Waals surface area contributed by atoms with Crippen LogP contribution in [0.5, 0.6) is 11.5 Å². The van der Waals surface area contributed by atoms with Crippen LogP contribution in [0, 0.1) is 10.1 Å². The van der Waals surface area contributed by atoms with Gasteiger partial charge in [0.15, 0.2) is 5.82 Å². The Morgan fingerprint density at radius 3 is 2.71 bits per heavy atom. The number of benzene rings is 2. The highest BCUT2D eigenvalue weighted by atomic mass is 16.6. The fourth-order valence-corrected chi connectivity index (χ4v) is 3.91. The van der Waals surface area contributed by atoms with E-state index < -0.39 is 11.0 Å². The highest BCUT2D eigenvalue weighted by Gasteiger charge is 2.12. The Morgan fingerprint density at radius 1 is 1.15 bits per heavy atom. The zero-order valence-corrected chi connectivity index (χ0v) is 19.4. The lowest BCUT2D eigenvalue weighted by molar-refractivity contribution is -0.404. The van der Waals surface area contributed by atoms with Crippen molar-refractivity contribution < 1.29 is 19.9 Å². The molecule has 0 radical (unpaired) electrons. The molecule has 184 valence electrons. The molecule has 0 aliphatic carbocycles. The number of aliphatic hydroxyl groups is 1. The molecule has 4 N–H and O–H groups in total. The largest absolute Gasteiger partial charge is 0.508 e. The smallest absolute Gasteiger partial charge is 0.274 e. The Balaban J connectivity index is 1.40. The summed E-state index contributed by atoms with van der Waals surface area (Å²) >= 11 is 0. The molecule has 0 bridgehead atoms. The number of nitro groups is 1. The SMILES string of the molecule is O=[N+]([O-])C=C(NCCCOc1cccc(CN2CCCCC2)c1)NCC(O)c1cccc(O)c1. The van der Waals surface area contributed by atoms with Crippen LogP contribution in [0.15, 0.2) is 60.6 Å². The summed E-state index contributed by atoms with van der Waals surface area (Å²) in [5.74, 6) is 1.07. The van der Waals surface area contributed by atoms with Crippen molar-refractivity contribution >= 4 is 0 Å². The van der Waals surface area contributed by atoms with Gasteiger partial charge in [-0.2, -0.15) is 0 Å². The number of nitrogens with zero attached hydrogens (tertiary/aromatic N) is 2. The maximum atomic E-state index is 10.9. The molecule has 1 aliphatic heterocycles. The maximum absolute atomic E-state index is 10.9. The molecule has 0 spiro atoms. The highest BCUT2D eigenvalue weighted by molar-refractivity contribution is 5.29. The molecule has 0 amide bonds. The summed E-state index contributed by atoms with van der Waals surface area (Å²) in [5.41, 5.74) is 1.76. The van der Waals surface area contributed by atoms with Gasteiger partial charge in [-0.1, -0.05) is 30.7 Å². The first-order chi connectivity index (χ1) is 16.5. The number of aliphatic hydroxyl groups excluding tert-OH is 1. The molecule has 1 unspecified atom stereocenters. The average molecular weight is 471 g/mol. The molecule has 0 saturated carbocycles. The van der Waals surface area contributed by atoms with Crippen molar-refractivity contribution in [3.63, 3.8) is 0 Å². The molecule has 3 rings (SSSR count). The Bertz CT molecular complexity index is 946. The standard InChI is InChI=1S/C25H34N4O5/c30-22-9-5-8-21(16-22)24(31)17-27-25(19-29(32)33)26-11-6-14-34-23-10-4-7-20(15-23)18-28-12-2-1-3-13-28/h4-5,7-10,15-16,19,24,26-27,30-31H,1-3,6,11-14,17-18H2. The normalized spacial score (nSPS) is 15.5. The second-order valence-electron chi connectivity index (χ2n) is 8.43. The van der Waals surface area contributed by atoms with Crippen LogP contribution < -0.4 is 15.4 Å². The van der Waals surface area contributed by atoms with Gasteiger partial charge < -0.3 is 25.6 Å². The Hall–Kier alpha value is -3.30. The molecule has 1 atom stereocenters. The van der Waals surface area contributed by atoms with Gasteiger partial charge in [0, 0.05) is 19.6 Å². The minimum Gasteiger partial charge on any atom is -0.508 e. The van der Waals surface area contributed by atoms with E-state index in [4.69, 9.17) is 4.74 Å². The van der Waals surface area contributed by atoms with Crippen LogP contribution in [0.2, 0.25) is 0 Å². The van der Waals surface area contributed by atoms with Crippen molar-refractivity contribution in [3.8, 4) is 11.5 Å². The molecule has 0 aromatic heterocycles. The summed E-state index contributed by atoms with van der Waals surface area (Å²) < 4.78 is 5.87. The second kappa shape index (κ2) is 13.4. The summed E-state index contributed by atoms with van der Waals surface area (Å²) in [6.45, 7) is 4.22. The second-order valence-corrected chi connectivity index (χ2v) is 8.43. The first-order valence-electron chi connectivity index (χ1n) is 11.7. The van der Waals surface area contributed by atoms with E-state index in [1.54, 1.807) is 12.1 Å². The van der Waals surface area contributed by atoms with Crippen molar-refractivity contribution in [1.82, 2.24) is 15.5 Å². The number of aromatic hydroxyl groups is 1. The van der Waals surface area contributed by atoms with Crippen LogP contribution in [-0.2, 0) is 6.54 Å². The molecular weight excluding hydrogens is 436 g/mol. The number of nitrogens with one attached hydrogen (secondary N) is 2. The number of likely N-dealkylation sites (tertiary alicyclic amines) is 1. The third-order valence-corrected chi connectivity index (χ3v) is 5.63. The minimum absolute atomic E-state index is 0.0489. The van der Waals surface area contributed by atoms with Gasteiger partial charge in [0.1, 0.15) is 11.5 Å². The van der Waals surface area contributed by atoms with E-state index >= 15 is 0 Å². The van der Waals surface area contributed by atoms with E-state index in [1.165, 1.54) is 37.0 Å². The number of phenolic OH excluding ortho intramolecular Hbond substituents is 1. The Labute approximate surface area is 200 Å². The number of ether oxygens (including phenoxy) is 1. The molecule has 9 heteroatoms.